The topological polar surface area (TPSA) is 52.7 Å². The van der Waals surface area contributed by atoms with Crippen molar-refractivity contribution in [3.8, 4) is 0 Å². The molecule has 0 unspecified atom stereocenters. The minimum atomic E-state index is -0.00621. The van der Waals surface area contributed by atoms with E-state index in [1.54, 1.807) is 0 Å². The van der Waals surface area contributed by atoms with Gasteiger partial charge in [-0.25, -0.2) is 0 Å². The van der Waals surface area contributed by atoms with Gasteiger partial charge in [-0.15, -0.1) is 0 Å². The molecule has 1 saturated heterocycles. The molecule has 1 fully saturated rings. The normalized spacial score (nSPS) is 14.8. The Morgan fingerprint density at radius 3 is 2.48 bits per heavy atom. The van der Waals surface area contributed by atoms with Gasteiger partial charge >= 0.3 is 0 Å². The highest BCUT2D eigenvalue weighted by Gasteiger charge is 2.23. The smallest absolute Gasteiger partial charge is 0.253 e. The van der Waals surface area contributed by atoms with Crippen LogP contribution in [0.4, 0.5) is 5.69 Å². The molecule has 2 amide bonds. The van der Waals surface area contributed by atoms with Crippen LogP contribution in [0.5, 0.6) is 0 Å². The zero-order chi connectivity index (χ0) is 19.2. The second kappa shape index (κ2) is 9.32. The van der Waals surface area contributed by atoms with E-state index in [0.29, 0.717) is 32.7 Å². The van der Waals surface area contributed by atoms with Gasteiger partial charge in [0.2, 0.25) is 5.91 Å². The van der Waals surface area contributed by atoms with Crippen molar-refractivity contribution in [2.24, 2.45) is 0 Å². The maximum Gasteiger partial charge on any atom is 0.253 e. The van der Waals surface area contributed by atoms with Crippen molar-refractivity contribution in [3.63, 3.8) is 0 Å². The number of piperazine rings is 1. The molecule has 5 nitrogen and oxygen atoms in total. The minimum absolute atomic E-state index is 0.00621. The number of aryl methyl sites for hydroxylation is 1. The number of nitrogens with zero attached hydrogens (tertiary/aromatic N) is 2. The van der Waals surface area contributed by atoms with Crippen molar-refractivity contribution >= 4 is 40.1 Å². The summed E-state index contributed by atoms with van der Waals surface area (Å²) in [5, 5.41) is 3.01. The van der Waals surface area contributed by atoms with Crippen molar-refractivity contribution in [3.05, 3.63) is 63.2 Å². The van der Waals surface area contributed by atoms with Crippen LogP contribution in [0.2, 0.25) is 0 Å². The van der Waals surface area contributed by atoms with E-state index in [9.17, 15) is 9.59 Å². The quantitative estimate of drug-likeness (QED) is 0.673. The summed E-state index contributed by atoms with van der Waals surface area (Å²) in [5.41, 5.74) is 2.75. The van der Waals surface area contributed by atoms with Crippen molar-refractivity contribution < 1.29 is 9.59 Å². The first kappa shape index (κ1) is 19.8. The van der Waals surface area contributed by atoms with E-state index in [2.05, 4.69) is 39.7 Å². The van der Waals surface area contributed by atoms with Gasteiger partial charge in [0.1, 0.15) is 0 Å². The Morgan fingerprint density at radius 2 is 1.78 bits per heavy atom. The molecule has 142 valence electrons. The Hall–Kier alpha value is -1.93. The Labute approximate surface area is 173 Å². The van der Waals surface area contributed by atoms with Gasteiger partial charge in [-0.3, -0.25) is 14.5 Å². The Balaban J connectivity index is 1.50. The van der Waals surface area contributed by atoms with Crippen LogP contribution in [0.25, 0.3) is 0 Å². The van der Waals surface area contributed by atoms with Gasteiger partial charge in [0.25, 0.3) is 5.91 Å². The summed E-state index contributed by atoms with van der Waals surface area (Å²) in [4.78, 5) is 29.0. The van der Waals surface area contributed by atoms with E-state index in [1.165, 1.54) is 0 Å². The van der Waals surface area contributed by atoms with Crippen LogP contribution in [0, 0.1) is 3.57 Å². The highest BCUT2D eigenvalue weighted by molar-refractivity contribution is 14.1. The fourth-order valence-corrected chi connectivity index (χ4v) is 3.80. The van der Waals surface area contributed by atoms with E-state index in [1.807, 2.05) is 53.4 Å². The first-order valence-corrected chi connectivity index (χ1v) is 10.3. The molecule has 2 aromatic rings. The van der Waals surface area contributed by atoms with Crippen molar-refractivity contribution in [2.45, 2.75) is 13.3 Å². The number of benzene rings is 2. The standard InChI is InChI=1S/C21H24IN3O2/c1-2-16-6-3-4-9-19(16)23-20(26)15-24-10-12-25(13-11-24)21(27)17-7-5-8-18(22)14-17/h3-9,14H,2,10-13,15H2,1H3,(H,23,26). The van der Waals surface area contributed by atoms with Crippen molar-refractivity contribution in [1.29, 1.82) is 0 Å². The SMILES string of the molecule is CCc1ccccc1NC(=O)CN1CCN(C(=O)c2cccc(I)c2)CC1. The van der Waals surface area contributed by atoms with E-state index >= 15 is 0 Å². The second-order valence-electron chi connectivity index (χ2n) is 6.64. The van der Waals surface area contributed by atoms with Crippen LogP contribution in [0.15, 0.2) is 48.5 Å². The predicted octanol–water partition coefficient (Wildman–Crippen LogP) is 3.25. The first-order chi connectivity index (χ1) is 13.1. The molecule has 27 heavy (non-hydrogen) atoms. The van der Waals surface area contributed by atoms with Crippen LogP contribution in [-0.2, 0) is 11.2 Å². The number of carbonyl (C=O) groups is 2. The third kappa shape index (κ3) is 5.29. The molecular formula is C21H24IN3O2. The monoisotopic (exact) mass is 477 g/mol. The lowest BCUT2D eigenvalue weighted by Crippen LogP contribution is -2.50. The number of para-hydroxylation sites is 1. The molecular weight excluding hydrogens is 453 g/mol. The van der Waals surface area contributed by atoms with Gasteiger partial charge in [-0.05, 0) is 58.8 Å². The molecule has 0 spiro atoms. The molecule has 1 heterocycles. The summed E-state index contributed by atoms with van der Waals surface area (Å²) in [7, 11) is 0. The van der Waals surface area contributed by atoms with Crippen LogP contribution >= 0.6 is 22.6 Å². The molecule has 3 rings (SSSR count). The lowest BCUT2D eigenvalue weighted by molar-refractivity contribution is -0.117. The highest BCUT2D eigenvalue weighted by Crippen LogP contribution is 2.16. The van der Waals surface area contributed by atoms with Gasteiger partial charge in [0.05, 0.1) is 6.54 Å². The minimum Gasteiger partial charge on any atom is -0.336 e. The summed E-state index contributed by atoms with van der Waals surface area (Å²) in [6.07, 6.45) is 0.885. The fraction of sp³-hybridized carbons (Fsp3) is 0.333. The number of amides is 2. The zero-order valence-corrected chi connectivity index (χ0v) is 17.6. The largest absolute Gasteiger partial charge is 0.336 e. The summed E-state index contributed by atoms with van der Waals surface area (Å²) in [6.45, 7) is 5.13. The summed E-state index contributed by atoms with van der Waals surface area (Å²) >= 11 is 2.22. The van der Waals surface area contributed by atoms with Gasteiger partial charge in [0.15, 0.2) is 0 Å². The molecule has 1 aliphatic rings. The maximum atomic E-state index is 12.6. The van der Waals surface area contributed by atoms with Crippen LogP contribution < -0.4 is 5.32 Å². The van der Waals surface area contributed by atoms with Crippen LogP contribution in [0.1, 0.15) is 22.8 Å². The number of hydrogen-bond acceptors (Lipinski definition) is 3. The lowest BCUT2D eigenvalue weighted by Gasteiger charge is -2.34. The van der Waals surface area contributed by atoms with E-state index in [-0.39, 0.29) is 11.8 Å². The second-order valence-corrected chi connectivity index (χ2v) is 7.88. The summed E-state index contributed by atoms with van der Waals surface area (Å²) < 4.78 is 1.06. The molecule has 0 radical (unpaired) electrons. The van der Waals surface area contributed by atoms with E-state index in [0.717, 1.165) is 26.8 Å². The van der Waals surface area contributed by atoms with Crippen LogP contribution in [-0.4, -0.2) is 54.3 Å². The fourth-order valence-electron chi connectivity index (χ4n) is 3.26. The maximum absolute atomic E-state index is 12.6. The molecule has 0 aromatic heterocycles. The Kier molecular flexibility index (Phi) is 6.84. The lowest BCUT2D eigenvalue weighted by atomic mass is 10.1. The molecule has 2 aromatic carbocycles. The molecule has 1 N–H and O–H groups in total. The van der Waals surface area contributed by atoms with Gasteiger partial charge in [-0.1, -0.05) is 31.2 Å². The third-order valence-corrected chi connectivity index (χ3v) is 5.44. The molecule has 0 saturated carbocycles. The number of carbonyl (C=O) groups excluding carboxylic acids is 2. The zero-order valence-electron chi connectivity index (χ0n) is 15.5. The van der Waals surface area contributed by atoms with Crippen molar-refractivity contribution in [2.75, 3.05) is 38.0 Å². The van der Waals surface area contributed by atoms with Gasteiger partial charge in [-0.2, -0.15) is 0 Å². The van der Waals surface area contributed by atoms with Crippen LogP contribution in [0.3, 0.4) is 0 Å². The van der Waals surface area contributed by atoms with Gasteiger partial charge in [0, 0.05) is 41.0 Å². The molecule has 6 heteroatoms. The van der Waals surface area contributed by atoms with E-state index in [4.69, 9.17) is 0 Å². The summed E-state index contributed by atoms with van der Waals surface area (Å²) in [5.74, 6) is 0.0581. The number of halogens is 1. The van der Waals surface area contributed by atoms with E-state index < -0.39 is 0 Å². The Morgan fingerprint density at radius 1 is 1.04 bits per heavy atom. The molecule has 0 bridgehead atoms. The molecule has 1 aliphatic heterocycles. The van der Waals surface area contributed by atoms with Gasteiger partial charge < -0.3 is 10.2 Å². The summed E-state index contributed by atoms with van der Waals surface area (Å²) in [6, 6.07) is 15.5. The number of rotatable bonds is 5. The third-order valence-electron chi connectivity index (χ3n) is 4.77. The first-order valence-electron chi connectivity index (χ1n) is 9.21. The molecule has 0 aliphatic carbocycles. The Bertz CT molecular complexity index is 817. The predicted molar refractivity (Wildman–Crippen MR) is 116 cm³/mol. The van der Waals surface area contributed by atoms with Crippen molar-refractivity contribution in [1.82, 2.24) is 9.80 Å². The average Bonchev–Trinajstić information content (AvgIpc) is 2.68. The number of nitrogens with one attached hydrogen (secondary N) is 1. The molecule has 0 atom stereocenters. The average molecular weight is 477 g/mol. The number of hydrogen-bond donors (Lipinski definition) is 1. The number of anilines is 1. The highest BCUT2D eigenvalue weighted by atomic mass is 127.